The fourth-order valence-corrected chi connectivity index (χ4v) is 1.85. The van der Waals surface area contributed by atoms with Crippen molar-refractivity contribution in [2.75, 3.05) is 19.5 Å². The molecule has 5 nitrogen and oxygen atoms in total. The average Bonchev–Trinajstić information content (AvgIpc) is 2.27. The largest absolute Gasteiger partial charge is 0.480 e. The molecule has 1 rings (SSSR count). The highest BCUT2D eigenvalue weighted by atomic mass is 79.9. The van der Waals surface area contributed by atoms with Crippen molar-refractivity contribution in [2.24, 2.45) is 0 Å². The number of ether oxygens (including phenoxy) is 1. The molecule has 2 N–H and O–H groups in total. The van der Waals surface area contributed by atoms with E-state index >= 15 is 0 Å². The van der Waals surface area contributed by atoms with Crippen molar-refractivity contribution < 1.29 is 14.9 Å². The van der Waals surface area contributed by atoms with Gasteiger partial charge in [-0.1, -0.05) is 11.8 Å². The summed E-state index contributed by atoms with van der Waals surface area (Å²) >= 11 is 4.49. The van der Waals surface area contributed by atoms with Crippen LogP contribution >= 0.6 is 27.7 Å². The number of nitrogens with zero attached hydrogens (tertiary/aromatic N) is 2. The Hall–Kier alpha value is -0.370. The SMILES string of the molecule is COc1nc(SCC(O)CO)ncc1Br. The maximum Gasteiger partial charge on any atom is 0.231 e. The maximum atomic E-state index is 9.13. The van der Waals surface area contributed by atoms with E-state index in [1.807, 2.05) is 0 Å². The third-order valence-corrected chi connectivity index (χ3v) is 3.05. The standard InChI is InChI=1S/C8H11BrN2O3S/c1-14-7-6(9)2-10-8(11-7)15-4-5(13)3-12/h2,5,12-13H,3-4H2,1H3. The van der Waals surface area contributed by atoms with E-state index in [1.165, 1.54) is 18.9 Å². The first-order valence-electron chi connectivity index (χ1n) is 4.15. The molecular weight excluding hydrogens is 284 g/mol. The molecule has 1 aromatic rings. The van der Waals surface area contributed by atoms with E-state index in [4.69, 9.17) is 14.9 Å². The molecule has 1 atom stereocenters. The van der Waals surface area contributed by atoms with Gasteiger partial charge in [-0.15, -0.1) is 0 Å². The molecule has 0 fully saturated rings. The first-order chi connectivity index (χ1) is 7.17. The summed E-state index contributed by atoms with van der Waals surface area (Å²) in [5.41, 5.74) is 0. The Morgan fingerprint density at radius 3 is 3.00 bits per heavy atom. The third kappa shape index (κ3) is 3.94. The zero-order chi connectivity index (χ0) is 11.3. The first-order valence-corrected chi connectivity index (χ1v) is 5.93. The van der Waals surface area contributed by atoms with Crippen molar-refractivity contribution >= 4 is 27.7 Å². The normalized spacial score (nSPS) is 12.5. The lowest BCUT2D eigenvalue weighted by atomic mass is 10.4. The van der Waals surface area contributed by atoms with Crippen LogP contribution in [0.25, 0.3) is 0 Å². The highest BCUT2D eigenvalue weighted by Crippen LogP contribution is 2.24. The topological polar surface area (TPSA) is 75.5 Å². The van der Waals surface area contributed by atoms with Gasteiger partial charge in [-0.25, -0.2) is 4.98 Å². The van der Waals surface area contributed by atoms with Gasteiger partial charge in [0.2, 0.25) is 5.88 Å². The summed E-state index contributed by atoms with van der Waals surface area (Å²) in [5, 5.41) is 18.3. The summed E-state index contributed by atoms with van der Waals surface area (Å²) in [6, 6.07) is 0. The Morgan fingerprint density at radius 1 is 1.67 bits per heavy atom. The molecule has 0 aliphatic carbocycles. The summed E-state index contributed by atoms with van der Waals surface area (Å²) < 4.78 is 5.67. The van der Waals surface area contributed by atoms with Gasteiger partial charge in [0.05, 0.1) is 24.3 Å². The predicted molar refractivity (Wildman–Crippen MR) is 60.1 cm³/mol. The van der Waals surface area contributed by atoms with Crippen molar-refractivity contribution in [3.8, 4) is 5.88 Å². The van der Waals surface area contributed by atoms with Gasteiger partial charge in [0.15, 0.2) is 5.16 Å². The number of aliphatic hydroxyl groups excluding tert-OH is 2. The van der Waals surface area contributed by atoms with Gasteiger partial charge in [-0.2, -0.15) is 4.98 Å². The molecule has 84 valence electrons. The number of rotatable bonds is 5. The summed E-state index contributed by atoms with van der Waals surface area (Å²) in [5.74, 6) is 0.798. The van der Waals surface area contributed by atoms with Gasteiger partial charge in [-0.3, -0.25) is 0 Å². The molecule has 0 saturated heterocycles. The number of aliphatic hydroxyl groups is 2. The lowest BCUT2D eigenvalue weighted by Crippen LogP contribution is -2.14. The summed E-state index contributed by atoms with van der Waals surface area (Å²) in [4.78, 5) is 8.11. The van der Waals surface area contributed by atoms with E-state index in [0.29, 0.717) is 21.3 Å². The Morgan fingerprint density at radius 2 is 2.40 bits per heavy atom. The van der Waals surface area contributed by atoms with Crippen LogP contribution < -0.4 is 4.74 Å². The number of aromatic nitrogens is 2. The molecule has 15 heavy (non-hydrogen) atoms. The van der Waals surface area contributed by atoms with Gasteiger partial charge in [0.25, 0.3) is 0 Å². The van der Waals surface area contributed by atoms with Crippen LogP contribution in [0.15, 0.2) is 15.8 Å². The highest BCUT2D eigenvalue weighted by molar-refractivity contribution is 9.10. The van der Waals surface area contributed by atoms with Gasteiger partial charge < -0.3 is 14.9 Å². The van der Waals surface area contributed by atoms with Gasteiger partial charge >= 0.3 is 0 Å². The minimum Gasteiger partial charge on any atom is -0.480 e. The predicted octanol–water partition coefficient (Wildman–Crippen LogP) is 0.693. The highest BCUT2D eigenvalue weighted by Gasteiger charge is 2.08. The van der Waals surface area contributed by atoms with Crippen molar-refractivity contribution in [3.63, 3.8) is 0 Å². The molecular formula is C8H11BrN2O3S. The van der Waals surface area contributed by atoms with E-state index in [9.17, 15) is 0 Å². The van der Waals surface area contributed by atoms with Crippen molar-refractivity contribution in [3.05, 3.63) is 10.7 Å². The van der Waals surface area contributed by atoms with Crippen LogP contribution in [-0.2, 0) is 0 Å². The average molecular weight is 295 g/mol. The fourth-order valence-electron chi connectivity index (χ4n) is 0.772. The Balaban J connectivity index is 2.62. The van der Waals surface area contributed by atoms with Crippen molar-refractivity contribution in [1.82, 2.24) is 9.97 Å². The second kappa shape index (κ2) is 6.26. The zero-order valence-corrected chi connectivity index (χ0v) is 10.5. The van der Waals surface area contributed by atoms with E-state index in [1.54, 1.807) is 6.20 Å². The summed E-state index contributed by atoms with van der Waals surface area (Å²) in [6.07, 6.45) is 0.827. The molecule has 0 aliphatic rings. The van der Waals surface area contributed by atoms with Gasteiger partial charge in [-0.05, 0) is 15.9 Å². The molecule has 0 aliphatic heterocycles. The van der Waals surface area contributed by atoms with Gasteiger partial charge in [0, 0.05) is 11.9 Å². The van der Waals surface area contributed by atoms with Crippen molar-refractivity contribution in [2.45, 2.75) is 11.3 Å². The van der Waals surface area contributed by atoms with E-state index in [2.05, 4.69) is 25.9 Å². The third-order valence-electron chi connectivity index (χ3n) is 1.50. The zero-order valence-electron chi connectivity index (χ0n) is 8.05. The molecule has 1 heterocycles. The van der Waals surface area contributed by atoms with Crippen LogP contribution in [0.2, 0.25) is 0 Å². The van der Waals surface area contributed by atoms with Gasteiger partial charge in [0.1, 0.15) is 0 Å². The molecule has 1 unspecified atom stereocenters. The number of halogens is 1. The monoisotopic (exact) mass is 294 g/mol. The first kappa shape index (κ1) is 12.7. The molecule has 1 aromatic heterocycles. The summed E-state index contributed by atoms with van der Waals surface area (Å²) in [7, 11) is 1.52. The Labute approximate surface area is 100 Å². The van der Waals surface area contributed by atoms with Crippen LogP contribution in [0.5, 0.6) is 5.88 Å². The number of thioether (sulfide) groups is 1. The number of hydrogen-bond donors (Lipinski definition) is 2. The van der Waals surface area contributed by atoms with E-state index in [-0.39, 0.29) is 6.61 Å². The van der Waals surface area contributed by atoms with E-state index < -0.39 is 6.10 Å². The molecule has 7 heteroatoms. The summed E-state index contributed by atoms with van der Waals surface area (Å²) in [6.45, 7) is -0.263. The maximum absolute atomic E-state index is 9.13. The molecule has 0 spiro atoms. The molecule has 0 bridgehead atoms. The Bertz CT molecular complexity index is 327. The van der Waals surface area contributed by atoms with Crippen LogP contribution in [0, 0.1) is 0 Å². The molecule has 0 radical (unpaired) electrons. The van der Waals surface area contributed by atoms with Crippen LogP contribution in [0.3, 0.4) is 0 Å². The smallest absolute Gasteiger partial charge is 0.231 e. The van der Waals surface area contributed by atoms with Crippen LogP contribution in [0.1, 0.15) is 0 Å². The van der Waals surface area contributed by atoms with Crippen LogP contribution in [-0.4, -0.2) is 45.8 Å². The van der Waals surface area contributed by atoms with Crippen molar-refractivity contribution in [1.29, 1.82) is 0 Å². The Kier molecular flexibility index (Phi) is 5.30. The molecule has 0 aromatic carbocycles. The number of hydrogen-bond acceptors (Lipinski definition) is 6. The lowest BCUT2D eigenvalue weighted by molar-refractivity contribution is 0.113. The van der Waals surface area contributed by atoms with E-state index in [0.717, 1.165) is 0 Å². The second-order valence-corrected chi connectivity index (χ2v) is 4.50. The number of methoxy groups -OCH3 is 1. The minimum atomic E-state index is -0.756. The molecule has 0 saturated carbocycles. The minimum absolute atomic E-state index is 0.263. The lowest BCUT2D eigenvalue weighted by Gasteiger charge is -2.06. The van der Waals surface area contributed by atoms with Crippen LogP contribution in [0.4, 0.5) is 0 Å². The second-order valence-electron chi connectivity index (χ2n) is 2.66. The molecule has 0 amide bonds. The fraction of sp³-hybridized carbons (Fsp3) is 0.500. The quantitative estimate of drug-likeness (QED) is 0.615.